The van der Waals surface area contributed by atoms with Crippen LogP contribution in [-0.4, -0.2) is 122 Å². The molecule has 0 bridgehead atoms. The summed E-state index contributed by atoms with van der Waals surface area (Å²) in [7, 11) is 1.71. The number of hydrogen-bond donors (Lipinski definition) is 4. The molecule has 2 fully saturated rings. The van der Waals surface area contributed by atoms with Crippen LogP contribution in [-0.2, 0) is 39.5 Å². The maximum atomic E-state index is 14.2. The summed E-state index contributed by atoms with van der Waals surface area (Å²) in [5.41, 5.74) is -1.58. The summed E-state index contributed by atoms with van der Waals surface area (Å²) in [6, 6.07) is 9.37. The van der Waals surface area contributed by atoms with Crippen molar-refractivity contribution in [3.05, 3.63) is 106 Å². The molecule has 6 rings (SSSR count). The van der Waals surface area contributed by atoms with Crippen LogP contribution < -0.4 is 31.0 Å². The SMILES string of the molecule is CN1C(=O)C[C@H](C(=O)NCCOC2CCC(OCCOCCOCCC(=O)NCCCOc3cc(F)ccc3Oc3ncc(C(F)(F)F)cc3C(=O)Nc3cc[nH]c(=O)c3)CC2)[C@H]1c1cccnc1. The normalized spacial score (nSPS) is 18.2. The first-order valence-corrected chi connectivity index (χ1v) is 22.5. The Morgan fingerprint density at radius 2 is 1.58 bits per heavy atom. The summed E-state index contributed by atoms with van der Waals surface area (Å²) >= 11 is 0. The van der Waals surface area contributed by atoms with Gasteiger partial charge in [0.25, 0.3) is 5.91 Å². The second-order valence-electron chi connectivity index (χ2n) is 16.2. The highest BCUT2D eigenvalue weighted by Gasteiger charge is 2.42. The van der Waals surface area contributed by atoms with E-state index in [0.717, 1.165) is 55.5 Å². The molecule has 4 N–H and O–H groups in total. The van der Waals surface area contributed by atoms with Crippen molar-refractivity contribution in [2.24, 2.45) is 5.92 Å². The lowest BCUT2D eigenvalue weighted by atomic mass is 9.94. The van der Waals surface area contributed by atoms with Gasteiger partial charge in [0.15, 0.2) is 11.5 Å². The number of aromatic nitrogens is 3. The Hall–Kier alpha value is -6.49. The van der Waals surface area contributed by atoms with Gasteiger partial charge in [0.2, 0.25) is 29.2 Å². The Balaban J connectivity index is 0.784. The van der Waals surface area contributed by atoms with E-state index in [0.29, 0.717) is 45.2 Å². The summed E-state index contributed by atoms with van der Waals surface area (Å²) in [4.78, 5) is 74.2. The summed E-state index contributed by atoms with van der Waals surface area (Å²) in [6.07, 6.45) is 4.32. The van der Waals surface area contributed by atoms with E-state index >= 15 is 0 Å². The van der Waals surface area contributed by atoms with Gasteiger partial charge in [-0.1, -0.05) is 6.07 Å². The summed E-state index contributed by atoms with van der Waals surface area (Å²) in [5, 5.41) is 7.99. The molecule has 0 unspecified atom stereocenters. The van der Waals surface area contributed by atoms with Crippen LogP contribution in [0.15, 0.2) is 78.1 Å². The first-order valence-electron chi connectivity index (χ1n) is 22.5. The molecule has 22 heteroatoms. The number of hydrogen-bond acceptors (Lipinski definition) is 13. The third kappa shape index (κ3) is 16.0. The Morgan fingerprint density at radius 3 is 2.30 bits per heavy atom. The smallest absolute Gasteiger partial charge is 0.417 e. The summed E-state index contributed by atoms with van der Waals surface area (Å²) < 4.78 is 89.3. The molecule has 1 saturated carbocycles. The average Bonchev–Trinajstić information content (AvgIpc) is 3.63. The Labute approximate surface area is 394 Å². The zero-order chi connectivity index (χ0) is 49.2. The maximum Gasteiger partial charge on any atom is 0.417 e. The molecule has 2 atom stereocenters. The van der Waals surface area contributed by atoms with Crippen molar-refractivity contribution < 1.29 is 65.2 Å². The van der Waals surface area contributed by atoms with Crippen molar-refractivity contribution in [2.45, 2.75) is 69.4 Å². The summed E-state index contributed by atoms with van der Waals surface area (Å²) in [5.74, 6) is -3.61. The lowest BCUT2D eigenvalue weighted by Gasteiger charge is -2.29. The van der Waals surface area contributed by atoms with Crippen LogP contribution in [0.5, 0.6) is 17.4 Å². The molecule has 0 radical (unpaired) electrons. The van der Waals surface area contributed by atoms with Gasteiger partial charge in [-0.2, -0.15) is 13.2 Å². The van der Waals surface area contributed by atoms with Crippen LogP contribution in [0.1, 0.15) is 72.5 Å². The van der Waals surface area contributed by atoms with Gasteiger partial charge in [0, 0.05) is 75.6 Å². The van der Waals surface area contributed by atoms with Gasteiger partial charge in [-0.05, 0) is 68.0 Å². The van der Waals surface area contributed by atoms with Crippen molar-refractivity contribution in [3.8, 4) is 17.4 Å². The number of carbonyl (C=O) groups is 4. The maximum absolute atomic E-state index is 14.2. The van der Waals surface area contributed by atoms with Crippen molar-refractivity contribution in [2.75, 3.05) is 71.7 Å². The minimum atomic E-state index is -4.84. The number of nitrogens with zero attached hydrogens (tertiary/aromatic N) is 3. The number of amides is 4. The van der Waals surface area contributed by atoms with E-state index in [4.69, 9.17) is 28.4 Å². The van der Waals surface area contributed by atoms with Crippen molar-refractivity contribution in [3.63, 3.8) is 0 Å². The van der Waals surface area contributed by atoms with Crippen LogP contribution in [0.2, 0.25) is 0 Å². The number of carbonyl (C=O) groups excluding carboxylic acids is 4. The highest BCUT2D eigenvalue weighted by Crippen LogP contribution is 2.38. The van der Waals surface area contributed by atoms with E-state index in [1.54, 1.807) is 30.4 Å². The molecule has 1 aliphatic carbocycles. The first kappa shape index (κ1) is 51.9. The summed E-state index contributed by atoms with van der Waals surface area (Å²) in [6.45, 7) is 2.49. The lowest BCUT2D eigenvalue weighted by Crippen LogP contribution is -2.37. The minimum absolute atomic E-state index is 0.00373. The van der Waals surface area contributed by atoms with Gasteiger partial charge in [-0.3, -0.25) is 29.0 Å². The van der Waals surface area contributed by atoms with Gasteiger partial charge >= 0.3 is 6.18 Å². The molecule has 0 spiro atoms. The predicted molar refractivity (Wildman–Crippen MR) is 239 cm³/mol. The fourth-order valence-corrected chi connectivity index (χ4v) is 7.69. The number of halogens is 4. The molecule has 3 aromatic heterocycles. The van der Waals surface area contributed by atoms with E-state index in [9.17, 15) is 41.5 Å². The minimum Gasteiger partial charge on any atom is -0.489 e. The number of nitrogens with one attached hydrogen (secondary N) is 4. The molecular weight excluding hydrogens is 915 g/mol. The van der Waals surface area contributed by atoms with E-state index in [2.05, 4.69) is 30.9 Å². The highest BCUT2D eigenvalue weighted by atomic mass is 19.4. The number of ether oxygens (including phenoxy) is 6. The van der Waals surface area contributed by atoms with Crippen LogP contribution in [0.25, 0.3) is 0 Å². The van der Waals surface area contributed by atoms with Crippen molar-refractivity contribution >= 4 is 29.3 Å². The topological polar surface area (TPSA) is 222 Å². The Kier molecular flexibility index (Phi) is 19.4. The predicted octanol–water partition coefficient (Wildman–Crippen LogP) is 5.36. The second-order valence-corrected chi connectivity index (χ2v) is 16.2. The molecule has 4 aromatic rings. The van der Waals surface area contributed by atoms with Crippen LogP contribution >= 0.6 is 0 Å². The standard InChI is InChI=1S/C47H55F4N7O11/c1-58-42(61)27-36(43(58)30-4-2-13-52-28-30)44(62)55-16-19-66-34-6-8-35(9-7-34)67-23-22-65-21-20-64-18-12-40(59)53-14-3-17-68-39-25-32(48)5-10-38(39)69-46-37(24-31(29-56-46)47(49,50)51)45(63)57-33-11-15-54-41(60)26-33/h2,4-5,10-11,13,15,24-26,28-29,34-36,43H,3,6-9,12,14,16-23,27H2,1H3,(H,53,59)(H,55,62)(H2,54,57,60,63)/t34?,35?,36-,43+/m0/s1. The molecule has 1 aliphatic heterocycles. The monoisotopic (exact) mass is 969 g/mol. The highest BCUT2D eigenvalue weighted by molar-refractivity contribution is 6.06. The Bertz CT molecular complexity index is 2390. The molecule has 372 valence electrons. The van der Waals surface area contributed by atoms with Gasteiger partial charge in [-0.25, -0.2) is 9.37 Å². The molecule has 1 saturated heterocycles. The fourth-order valence-electron chi connectivity index (χ4n) is 7.69. The molecule has 4 amide bonds. The number of likely N-dealkylation sites (tertiary alicyclic amines) is 1. The molecule has 4 heterocycles. The molecular formula is C47H55F4N7O11. The molecule has 1 aromatic carbocycles. The number of benzene rings is 1. The van der Waals surface area contributed by atoms with E-state index in [1.807, 2.05) is 6.07 Å². The quantitative estimate of drug-likeness (QED) is 0.0486. The van der Waals surface area contributed by atoms with Gasteiger partial charge in [-0.15, -0.1) is 0 Å². The van der Waals surface area contributed by atoms with E-state index in [1.165, 1.54) is 12.3 Å². The number of aromatic amines is 1. The van der Waals surface area contributed by atoms with Gasteiger partial charge in [0.1, 0.15) is 11.4 Å². The number of anilines is 1. The van der Waals surface area contributed by atoms with Gasteiger partial charge < -0.3 is 54.3 Å². The van der Waals surface area contributed by atoms with E-state index in [-0.39, 0.29) is 98.8 Å². The number of H-pyrrole nitrogens is 1. The molecule has 18 nitrogen and oxygen atoms in total. The molecule has 2 aliphatic rings. The number of rotatable bonds is 25. The zero-order valence-electron chi connectivity index (χ0n) is 37.9. The van der Waals surface area contributed by atoms with Crippen molar-refractivity contribution in [1.82, 2.24) is 30.5 Å². The van der Waals surface area contributed by atoms with Crippen molar-refractivity contribution in [1.29, 1.82) is 0 Å². The van der Waals surface area contributed by atoms with Crippen LogP contribution in [0.4, 0.5) is 23.2 Å². The van der Waals surface area contributed by atoms with E-state index < -0.39 is 46.4 Å². The lowest BCUT2D eigenvalue weighted by molar-refractivity contribution is -0.138. The number of pyridine rings is 3. The van der Waals surface area contributed by atoms with Crippen LogP contribution in [0.3, 0.4) is 0 Å². The first-order chi connectivity index (χ1) is 33.2. The third-order valence-electron chi connectivity index (χ3n) is 11.2. The fraction of sp³-hybridized carbons (Fsp3) is 0.468. The number of alkyl halides is 3. The zero-order valence-corrected chi connectivity index (χ0v) is 37.9. The van der Waals surface area contributed by atoms with Crippen LogP contribution in [0, 0.1) is 11.7 Å². The second kappa shape index (κ2) is 25.8. The van der Waals surface area contributed by atoms with Gasteiger partial charge in [0.05, 0.1) is 76.0 Å². The largest absolute Gasteiger partial charge is 0.489 e. The Morgan fingerprint density at radius 1 is 0.841 bits per heavy atom. The third-order valence-corrected chi connectivity index (χ3v) is 11.2. The average molecular weight is 970 g/mol. The molecule has 69 heavy (non-hydrogen) atoms.